The number of nitrogens with two attached hydrogens (primary N) is 1. The Hall–Kier alpha value is -1.26. The average Bonchev–Trinajstić information content (AvgIpc) is 2.84. The average molecular weight is 264 g/mol. The van der Waals surface area contributed by atoms with Crippen molar-refractivity contribution in [2.75, 3.05) is 32.8 Å². The van der Waals surface area contributed by atoms with Gasteiger partial charge in [-0.1, -0.05) is 6.92 Å². The summed E-state index contributed by atoms with van der Waals surface area (Å²) in [6.45, 7) is 6.60. The van der Waals surface area contributed by atoms with Gasteiger partial charge in [0, 0.05) is 19.1 Å². The fraction of sp³-hybridized carbons (Fsp3) is 0.600. The van der Waals surface area contributed by atoms with Crippen LogP contribution in [0.1, 0.15) is 19.8 Å². The molecule has 1 fully saturated rings. The fourth-order valence-corrected chi connectivity index (χ4v) is 2.21. The summed E-state index contributed by atoms with van der Waals surface area (Å²) in [7, 11) is 0. The van der Waals surface area contributed by atoms with Crippen LogP contribution in [0.15, 0.2) is 24.3 Å². The van der Waals surface area contributed by atoms with Gasteiger partial charge >= 0.3 is 0 Å². The molecule has 0 aromatic heterocycles. The summed E-state index contributed by atoms with van der Waals surface area (Å²) < 4.78 is 11.3. The minimum atomic E-state index is 0.343. The molecule has 2 rings (SSSR count). The quantitative estimate of drug-likeness (QED) is 0.817. The molecule has 1 heterocycles. The highest BCUT2D eigenvalue weighted by molar-refractivity contribution is 5.31. The van der Waals surface area contributed by atoms with Gasteiger partial charge in [0.05, 0.1) is 6.61 Å². The molecular formula is C15H24N2O2. The van der Waals surface area contributed by atoms with Crippen molar-refractivity contribution in [2.24, 2.45) is 5.73 Å². The van der Waals surface area contributed by atoms with Crippen LogP contribution in [-0.2, 0) is 0 Å². The van der Waals surface area contributed by atoms with E-state index in [9.17, 15) is 0 Å². The summed E-state index contributed by atoms with van der Waals surface area (Å²) in [6, 6.07) is 8.17. The highest BCUT2D eigenvalue weighted by Crippen LogP contribution is 2.17. The molecule has 1 aliphatic rings. The van der Waals surface area contributed by atoms with Crippen molar-refractivity contribution in [3.05, 3.63) is 24.3 Å². The lowest BCUT2D eigenvalue weighted by atomic mass is 10.3. The van der Waals surface area contributed by atoms with E-state index in [0.717, 1.165) is 50.6 Å². The number of likely N-dealkylation sites (tertiary alicyclic amines) is 1. The second-order valence-electron chi connectivity index (χ2n) is 5.02. The van der Waals surface area contributed by atoms with Gasteiger partial charge in [0.25, 0.3) is 0 Å². The summed E-state index contributed by atoms with van der Waals surface area (Å²) in [5.41, 5.74) is 5.87. The van der Waals surface area contributed by atoms with Gasteiger partial charge in [-0.25, -0.2) is 0 Å². The van der Waals surface area contributed by atoms with Crippen LogP contribution in [0.2, 0.25) is 0 Å². The zero-order valence-corrected chi connectivity index (χ0v) is 11.7. The lowest BCUT2D eigenvalue weighted by molar-refractivity contribution is 0.236. The largest absolute Gasteiger partial charge is 0.494 e. The highest BCUT2D eigenvalue weighted by atomic mass is 16.5. The first-order valence-electron chi connectivity index (χ1n) is 7.11. The maximum absolute atomic E-state index is 5.87. The molecule has 0 saturated carbocycles. The van der Waals surface area contributed by atoms with Crippen LogP contribution in [0.3, 0.4) is 0 Å². The maximum Gasteiger partial charge on any atom is 0.119 e. The van der Waals surface area contributed by atoms with Gasteiger partial charge in [0.15, 0.2) is 0 Å². The molecule has 2 N–H and O–H groups in total. The van der Waals surface area contributed by atoms with Gasteiger partial charge in [-0.15, -0.1) is 0 Å². The first kappa shape index (κ1) is 14.2. The molecule has 0 aliphatic carbocycles. The molecule has 0 amide bonds. The van der Waals surface area contributed by atoms with Crippen LogP contribution >= 0.6 is 0 Å². The Morgan fingerprint density at radius 1 is 1.16 bits per heavy atom. The van der Waals surface area contributed by atoms with Crippen molar-refractivity contribution >= 4 is 0 Å². The number of nitrogens with zero attached hydrogens (tertiary/aromatic N) is 1. The third-order valence-corrected chi connectivity index (χ3v) is 3.28. The van der Waals surface area contributed by atoms with Gasteiger partial charge in [-0.3, -0.25) is 4.90 Å². The molecule has 4 nitrogen and oxygen atoms in total. The van der Waals surface area contributed by atoms with E-state index in [-0.39, 0.29) is 0 Å². The Balaban J connectivity index is 1.68. The maximum atomic E-state index is 5.87. The summed E-state index contributed by atoms with van der Waals surface area (Å²) in [5.74, 6) is 1.80. The molecule has 19 heavy (non-hydrogen) atoms. The first-order chi connectivity index (χ1) is 9.28. The highest BCUT2D eigenvalue weighted by Gasteiger charge is 2.18. The molecule has 1 aromatic carbocycles. The lowest BCUT2D eigenvalue weighted by Gasteiger charge is -2.15. The van der Waals surface area contributed by atoms with Gasteiger partial charge in [-0.2, -0.15) is 0 Å². The van der Waals surface area contributed by atoms with E-state index < -0.39 is 0 Å². The van der Waals surface area contributed by atoms with Crippen LogP contribution < -0.4 is 15.2 Å². The van der Waals surface area contributed by atoms with Gasteiger partial charge in [0.2, 0.25) is 0 Å². The molecule has 106 valence electrons. The first-order valence-corrected chi connectivity index (χ1v) is 7.11. The lowest BCUT2D eigenvalue weighted by Crippen LogP contribution is -2.29. The normalized spacial score (nSPS) is 19.6. The predicted octanol–water partition coefficient (Wildman–Crippen LogP) is 1.89. The third-order valence-electron chi connectivity index (χ3n) is 3.28. The second kappa shape index (κ2) is 7.36. The molecule has 1 aliphatic heterocycles. The van der Waals surface area contributed by atoms with Crippen LogP contribution in [0.25, 0.3) is 0 Å². The van der Waals surface area contributed by atoms with Crippen LogP contribution in [0.4, 0.5) is 0 Å². The van der Waals surface area contributed by atoms with E-state index in [1.54, 1.807) is 0 Å². The minimum absolute atomic E-state index is 0.343. The SMILES string of the molecule is CCCOc1ccc(OCCN2CC[C@H](N)C2)cc1. The number of hydrogen-bond acceptors (Lipinski definition) is 4. The topological polar surface area (TPSA) is 47.7 Å². The van der Waals surface area contributed by atoms with Crippen molar-refractivity contribution < 1.29 is 9.47 Å². The minimum Gasteiger partial charge on any atom is -0.494 e. The Labute approximate surface area is 115 Å². The number of ether oxygens (including phenoxy) is 2. The van der Waals surface area contributed by atoms with Crippen LogP contribution in [-0.4, -0.2) is 43.8 Å². The standard InChI is InChI=1S/C15H24N2O2/c1-2-10-18-14-3-5-15(6-4-14)19-11-9-17-8-7-13(16)12-17/h3-6,13H,2,7-12,16H2,1H3/t13-/m0/s1. The van der Waals surface area contributed by atoms with Gasteiger partial charge < -0.3 is 15.2 Å². The molecular weight excluding hydrogens is 240 g/mol. The molecule has 1 saturated heterocycles. The van der Waals surface area contributed by atoms with E-state index in [1.165, 1.54) is 0 Å². The molecule has 0 unspecified atom stereocenters. The molecule has 1 atom stereocenters. The summed E-state index contributed by atoms with van der Waals surface area (Å²) in [4.78, 5) is 2.35. The number of hydrogen-bond donors (Lipinski definition) is 1. The summed E-state index contributed by atoms with van der Waals surface area (Å²) >= 11 is 0. The second-order valence-corrected chi connectivity index (χ2v) is 5.02. The van der Waals surface area contributed by atoms with Crippen molar-refractivity contribution in [1.82, 2.24) is 4.90 Å². The molecule has 0 radical (unpaired) electrons. The number of rotatable bonds is 7. The van der Waals surface area contributed by atoms with E-state index in [1.807, 2.05) is 24.3 Å². The molecule has 4 heteroatoms. The Morgan fingerprint density at radius 2 is 1.79 bits per heavy atom. The van der Waals surface area contributed by atoms with Crippen molar-refractivity contribution in [3.63, 3.8) is 0 Å². The molecule has 0 spiro atoms. The van der Waals surface area contributed by atoms with E-state index >= 15 is 0 Å². The Kier molecular flexibility index (Phi) is 5.48. The smallest absolute Gasteiger partial charge is 0.119 e. The van der Waals surface area contributed by atoms with Gasteiger partial charge in [0.1, 0.15) is 18.1 Å². The molecule has 1 aromatic rings. The monoisotopic (exact) mass is 264 g/mol. The Bertz CT molecular complexity index is 367. The zero-order valence-electron chi connectivity index (χ0n) is 11.7. The third kappa shape index (κ3) is 4.73. The predicted molar refractivity (Wildman–Crippen MR) is 76.8 cm³/mol. The van der Waals surface area contributed by atoms with Crippen LogP contribution in [0, 0.1) is 0 Å². The zero-order chi connectivity index (χ0) is 13.5. The van der Waals surface area contributed by atoms with Crippen molar-refractivity contribution in [3.8, 4) is 11.5 Å². The van der Waals surface area contributed by atoms with Crippen LogP contribution in [0.5, 0.6) is 11.5 Å². The van der Waals surface area contributed by atoms with Crippen molar-refractivity contribution in [1.29, 1.82) is 0 Å². The summed E-state index contributed by atoms with van der Waals surface area (Å²) in [5, 5.41) is 0. The fourth-order valence-electron chi connectivity index (χ4n) is 2.21. The van der Waals surface area contributed by atoms with Crippen molar-refractivity contribution in [2.45, 2.75) is 25.8 Å². The number of benzene rings is 1. The van der Waals surface area contributed by atoms with Gasteiger partial charge in [-0.05, 0) is 43.7 Å². The van der Waals surface area contributed by atoms with E-state index in [0.29, 0.717) is 12.6 Å². The molecule has 0 bridgehead atoms. The van der Waals surface area contributed by atoms with E-state index in [2.05, 4.69) is 11.8 Å². The summed E-state index contributed by atoms with van der Waals surface area (Å²) in [6.07, 6.45) is 2.12. The Morgan fingerprint density at radius 3 is 2.32 bits per heavy atom. The van der Waals surface area contributed by atoms with E-state index in [4.69, 9.17) is 15.2 Å².